The van der Waals surface area contributed by atoms with Crippen molar-refractivity contribution in [1.82, 2.24) is 4.98 Å². The number of pyridine rings is 1. The van der Waals surface area contributed by atoms with E-state index >= 15 is 0 Å². The van der Waals surface area contributed by atoms with Crippen LogP contribution in [-0.4, -0.2) is 36.0 Å². The predicted molar refractivity (Wildman–Crippen MR) is 130 cm³/mol. The molecule has 2 aromatic carbocycles. The first kappa shape index (κ1) is 23.6. The molecule has 9 heteroatoms. The molecule has 0 aliphatic carbocycles. The fourth-order valence-electron chi connectivity index (χ4n) is 4.02. The largest absolute Gasteiger partial charge is 0.507 e. The molecule has 1 fully saturated rings. The summed E-state index contributed by atoms with van der Waals surface area (Å²) in [6, 6.07) is 11.0. The normalized spacial score (nSPS) is 17.2. The van der Waals surface area contributed by atoms with Crippen molar-refractivity contribution in [1.29, 1.82) is 0 Å². The van der Waals surface area contributed by atoms with E-state index in [0.717, 1.165) is 5.56 Å². The average molecular weight is 499 g/mol. The number of aryl methyl sites for hydroxylation is 1. The lowest BCUT2D eigenvalue weighted by Crippen LogP contribution is -2.29. The van der Waals surface area contributed by atoms with E-state index in [1.807, 2.05) is 13.0 Å². The number of ether oxygens (including phenoxy) is 2. The van der Waals surface area contributed by atoms with E-state index in [4.69, 9.17) is 32.7 Å². The number of aliphatic hydroxyl groups is 1. The van der Waals surface area contributed by atoms with Crippen molar-refractivity contribution in [3.63, 3.8) is 0 Å². The summed E-state index contributed by atoms with van der Waals surface area (Å²) in [5.41, 5.74) is 1.85. The summed E-state index contributed by atoms with van der Waals surface area (Å²) in [5, 5.41) is 11.5. The zero-order valence-corrected chi connectivity index (χ0v) is 20.0. The van der Waals surface area contributed by atoms with Gasteiger partial charge in [0.25, 0.3) is 11.7 Å². The van der Waals surface area contributed by atoms with Crippen molar-refractivity contribution in [3.8, 4) is 11.5 Å². The Bertz CT molecular complexity index is 1320. The van der Waals surface area contributed by atoms with Gasteiger partial charge in [-0.1, -0.05) is 41.4 Å². The smallest absolute Gasteiger partial charge is 0.300 e. The lowest BCUT2D eigenvalue weighted by atomic mass is 9.95. The first-order valence-electron chi connectivity index (χ1n) is 10.2. The molecule has 1 amide bonds. The SMILES string of the molecule is COc1c(Cl)cc(/C(O)=C2\C(=O)C(=O)N(c3cccc(C)c3)C2c2cccnc2)c(OC)c1Cl. The molecule has 4 rings (SSSR count). The van der Waals surface area contributed by atoms with Gasteiger partial charge in [0.1, 0.15) is 10.8 Å². The number of methoxy groups -OCH3 is 2. The molecule has 1 saturated heterocycles. The third-order valence-electron chi connectivity index (χ3n) is 5.52. The number of aromatic nitrogens is 1. The molecule has 2 heterocycles. The van der Waals surface area contributed by atoms with Gasteiger partial charge < -0.3 is 14.6 Å². The summed E-state index contributed by atoms with van der Waals surface area (Å²) in [6.45, 7) is 1.88. The highest BCUT2D eigenvalue weighted by Crippen LogP contribution is 2.48. The topological polar surface area (TPSA) is 89.0 Å². The molecule has 7 nitrogen and oxygen atoms in total. The van der Waals surface area contributed by atoms with Gasteiger partial charge in [-0.3, -0.25) is 19.5 Å². The Morgan fingerprint density at radius 1 is 1.06 bits per heavy atom. The molecule has 3 aromatic rings. The second-order valence-electron chi connectivity index (χ2n) is 7.58. The highest BCUT2D eigenvalue weighted by atomic mass is 35.5. The minimum absolute atomic E-state index is 0.0184. The van der Waals surface area contributed by atoms with Crippen molar-refractivity contribution in [2.75, 3.05) is 19.1 Å². The van der Waals surface area contributed by atoms with Gasteiger partial charge in [-0.15, -0.1) is 0 Å². The summed E-state index contributed by atoms with van der Waals surface area (Å²) in [6.07, 6.45) is 3.12. The lowest BCUT2D eigenvalue weighted by Gasteiger charge is -2.25. The predicted octanol–water partition coefficient (Wildman–Crippen LogP) is 5.34. The molecule has 1 aromatic heterocycles. The Morgan fingerprint density at radius 3 is 2.41 bits per heavy atom. The number of carbonyl (C=O) groups excluding carboxylic acids is 2. The molecule has 0 radical (unpaired) electrons. The number of rotatable bonds is 5. The van der Waals surface area contributed by atoms with Gasteiger partial charge in [0.05, 0.1) is 36.4 Å². The summed E-state index contributed by atoms with van der Waals surface area (Å²) in [7, 11) is 2.75. The van der Waals surface area contributed by atoms with Crippen LogP contribution in [0.3, 0.4) is 0 Å². The van der Waals surface area contributed by atoms with Crippen LogP contribution in [0.1, 0.15) is 22.7 Å². The number of hydrogen-bond donors (Lipinski definition) is 1. The standard InChI is InChI=1S/C25H20Cl2N2O5/c1-13-6-4-8-15(10-13)29-20(14-7-5-9-28-12-14)18(22(31)25(29)32)21(30)16-11-17(26)24(34-3)19(27)23(16)33-2/h4-12,20,30H,1-3H3/b21-18+. The van der Waals surface area contributed by atoms with Crippen LogP contribution in [0.5, 0.6) is 11.5 Å². The van der Waals surface area contributed by atoms with Crippen molar-refractivity contribution >= 4 is 46.3 Å². The minimum atomic E-state index is -0.945. The summed E-state index contributed by atoms with van der Waals surface area (Å²) in [4.78, 5) is 32.0. The lowest BCUT2D eigenvalue weighted by molar-refractivity contribution is -0.132. The summed E-state index contributed by atoms with van der Waals surface area (Å²) in [5.74, 6) is -1.93. The van der Waals surface area contributed by atoms with Crippen LogP contribution in [-0.2, 0) is 9.59 Å². The van der Waals surface area contributed by atoms with Crippen LogP contribution in [0.25, 0.3) is 5.76 Å². The fraction of sp³-hybridized carbons (Fsp3) is 0.160. The number of amides is 1. The first-order chi connectivity index (χ1) is 16.3. The van der Waals surface area contributed by atoms with Gasteiger partial charge in [0, 0.05) is 18.1 Å². The second kappa shape index (κ2) is 9.37. The molecule has 174 valence electrons. The molecule has 1 unspecified atom stereocenters. The third-order valence-corrected chi connectivity index (χ3v) is 6.14. The molecule has 1 aliphatic rings. The molecular weight excluding hydrogens is 479 g/mol. The molecule has 0 spiro atoms. The third kappa shape index (κ3) is 3.87. The molecule has 0 saturated carbocycles. The van der Waals surface area contributed by atoms with E-state index in [0.29, 0.717) is 11.3 Å². The fourth-order valence-corrected chi connectivity index (χ4v) is 4.71. The highest BCUT2D eigenvalue weighted by Gasteiger charge is 2.47. The zero-order chi connectivity index (χ0) is 24.6. The average Bonchev–Trinajstić information content (AvgIpc) is 3.09. The van der Waals surface area contributed by atoms with Gasteiger partial charge in [0.2, 0.25) is 0 Å². The number of ketones is 1. The second-order valence-corrected chi connectivity index (χ2v) is 8.37. The van der Waals surface area contributed by atoms with Gasteiger partial charge in [-0.05, 0) is 42.3 Å². The Balaban J connectivity index is 2.01. The Hall–Kier alpha value is -3.55. The monoisotopic (exact) mass is 498 g/mol. The zero-order valence-electron chi connectivity index (χ0n) is 18.5. The van der Waals surface area contributed by atoms with Crippen molar-refractivity contribution < 1.29 is 24.2 Å². The number of halogens is 2. The van der Waals surface area contributed by atoms with Gasteiger partial charge in [-0.25, -0.2) is 0 Å². The van der Waals surface area contributed by atoms with Crippen LogP contribution in [0, 0.1) is 6.92 Å². The summed E-state index contributed by atoms with van der Waals surface area (Å²) >= 11 is 12.7. The van der Waals surface area contributed by atoms with Gasteiger partial charge >= 0.3 is 0 Å². The van der Waals surface area contributed by atoms with Crippen LogP contribution in [0.2, 0.25) is 10.0 Å². The highest BCUT2D eigenvalue weighted by molar-refractivity contribution is 6.52. The Kier molecular flexibility index (Phi) is 6.50. The van der Waals surface area contributed by atoms with Gasteiger partial charge in [-0.2, -0.15) is 0 Å². The maximum Gasteiger partial charge on any atom is 0.300 e. The van der Waals surface area contributed by atoms with E-state index in [-0.39, 0.29) is 32.7 Å². The number of anilines is 1. The molecule has 1 aliphatic heterocycles. The van der Waals surface area contributed by atoms with Crippen molar-refractivity contribution in [3.05, 3.63) is 87.2 Å². The Morgan fingerprint density at radius 2 is 1.79 bits per heavy atom. The maximum atomic E-state index is 13.3. The van der Waals surface area contributed by atoms with Gasteiger partial charge in [0.15, 0.2) is 11.5 Å². The number of carbonyl (C=O) groups is 2. The summed E-state index contributed by atoms with van der Waals surface area (Å²) < 4.78 is 10.6. The number of nitrogens with zero attached hydrogens (tertiary/aromatic N) is 2. The van der Waals surface area contributed by atoms with E-state index in [1.165, 1.54) is 31.4 Å². The molecular formula is C25H20Cl2N2O5. The van der Waals surface area contributed by atoms with Crippen LogP contribution < -0.4 is 14.4 Å². The Labute approximate surface area is 206 Å². The number of Topliss-reactive ketones (excluding diaryl/α,β-unsaturated/α-hetero) is 1. The number of benzene rings is 2. The quantitative estimate of drug-likeness (QED) is 0.290. The minimum Gasteiger partial charge on any atom is -0.507 e. The first-order valence-corrected chi connectivity index (χ1v) is 10.9. The molecule has 34 heavy (non-hydrogen) atoms. The van der Waals surface area contributed by atoms with E-state index in [9.17, 15) is 14.7 Å². The van der Waals surface area contributed by atoms with Crippen molar-refractivity contribution in [2.45, 2.75) is 13.0 Å². The van der Waals surface area contributed by atoms with E-state index in [1.54, 1.807) is 36.5 Å². The number of hydrogen-bond acceptors (Lipinski definition) is 6. The van der Waals surface area contributed by atoms with E-state index < -0.39 is 23.5 Å². The van der Waals surface area contributed by atoms with E-state index in [2.05, 4.69) is 4.98 Å². The molecule has 1 N–H and O–H groups in total. The maximum absolute atomic E-state index is 13.3. The van der Waals surface area contributed by atoms with Crippen LogP contribution in [0.15, 0.2) is 60.4 Å². The number of aliphatic hydroxyl groups excluding tert-OH is 1. The molecule has 1 atom stereocenters. The van der Waals surface area contributed by atoms with Crippen LogP contribution >= 0.6 is 23.2 Å². The van der Waals surface area contributed by atoms with Crippen LogP contribution in [0.4, 0.5) is 5.69 Å². The van der Waals surface area contributed by atoms with Crippen molar-refractivity contribution in [2.24, 2.45) is 0 Å². The molecule has 0 bridgehead atoms.